The van der Waals surface area contributed by atoms with E-state index in [0.29, 0.717) is 0 Å². The second-order valence-corrected chi connectivity index (χ2v) is 8.38. The lowest BCUT2D eigenvalue weighted by atomic mass is 10.2. The van der Waals surface area contributed by atoms with E-state index >= 15 is 0 Å². The smallest absolute Gasteiger partial charge is 0.458 e. The molecule has 0 saturated heterocycles. The first-order chi connectivity index (χ1) is 21.7. The highest BCUT2D eigenvalue weighted by Gasteiger charge is 2.26. The maximum atomic E-state index is 13.1. The summed E-state index contributed by atoms with van der Waals surface area (Å²) in [6.07, 6.45) is -4.70. The topological polar surface area (TPSA) is 185 Å². The predicted octanol–water partition coefficient (Wildman–Crippen LogP) is 4.36. The largest absolute Gasteiger partial charge is 0.513 e. The van der Waals surface area contributed by atoms with E-state index in [0.717, 1.165) is 21.3 Å². The predicted molar refractivity (Wildman–Crippen MR) is 148 cm³/mol. The van der Waals surface area contributed by atoms with Crippen molar-refractivity contribution in [3.8, 4) is 17.2 Å². The highest BCUT2D eigenvalue weighted by molar-refractivity contribution is 5.95. The van der Waals surface area contributed by atoms with Gasteiger partial charge in [-0.05, 0) is 36.4 Å². The lowest BCUT2D eigenvalue weighted by molar-refractivity contribution is -0.0257. The number of carbonyl (C=O) groups is 6. The quantitative estimate of drug-likeness (QED) is 0.166. The average molecular weight is 627 g/mol. The first-order valence-corrected chi connectivity index (χ1v) is 12.8. The Labute approximate surface area is 255 Å². The number of esters is 3. The molecule has 3 rings (SSSR count). The van der Waals surface area contributed by atoms with Crippen LogP contribution >= 0.6 is 0 Å². The maximum Gasteiger partial charge on any atom is 0.513 e. The number of hydrogen-bond acceptors (Lipinski definition) is 15. The summed E-state index contributed by atoms with van der Waals surface area (Å²) in [6.45, 7) is -1.32. The van der Waals surface area contributed by atoms with E-state index in [1.165, 1.54) is 72.8 Å². The van der Waals surface area contributed by atoms with Crippen molar-refractivity contribution in [2.45, 2.75) is 6.10 Å². The summed E-state index contributed by atoms with van der Waals surface area (Å²) in [5.74, 6) is -3.59. The Hall–Kier alpha value is -6.12. The van der Waals surface area contributed by atoms with Crippen LogP contribution in [0.15, 0.2) is 72.8 Å². The van der Waals surface area contributed by atoms with Gasteiger partial charge in [-0.1, -0.05) is 36.4 Å². The molecule has 15 heteroatoms. The zero-order chi connectivity index (χ0) is 32.8. The monoisotopic (exact) mass is 626 g/mol. The third kappa shape index (κ3) is 9.71. The van der Waals surface area contributed by atoms with Gasteiger partial charge in [-0.15, -0.1) is 0 Å². The fraction of sp³-hybridized carbons (Fsp3) is 0.200. The maximum absolute atomic E-state index is 13.1. The summed E-state index contributed by atoms with van der Waals surface area (Å²) in [5, 5.41) is 0. The molecule has 0 radical (unpaired) electrons. The van der Waals surface area contributed by atoms with Crippen molar-refractivity contribution in [3.63, 3.8) is 0 Å². The normalized spacial score (nSPS) is 10.1. The van der Waals surface area contributed by atoms with Crippen LogP contribution in [0, 0.1) is 0 Å². The minimum Gasteiger partial charge on any atom is -0.458 e. The minimum absolute atomic E-state index is 0.171. The van der Waals surface area contributed by atoms with Crippen LogP contribution in [0.3, 0.4) is 0 Å². The van der Waals surface area contributed by atoms with Crippen LogP contribution in [0.2, 0.25) is 0 Å². The van der Waals surface area contributed by atoms with Crippen molar-refractivity contribution >= 4 is 36.4 Å². The Morgan fingerprint density at radius 2 is 0.800 bits per heavy atom. The number of para-hydroxylation sites is 3. The number of methoxy groups -OCH3 is 3. The fourth-order valence-corrected chi connectivity index (χ4v) is 3.39. The molecule has 0 bridgehead atoms. The molecule has 15 nitrogen and oxygen atoms in total. The van der Waals surface area contributed by atoms with Gasteiger partial charge < -0.3 is 42.6 Å². The highest BCUT2D eigenvalue weighted by atomic mass is 16.7. The molecule has 3 aromatic rings. The zero-order valence-corrected chi connectivity index (χ0v) is 24.0. The van der Waals surface area contributed by atoms with E-state index in [-0.39, 0.29) is 33.9 Å². The molecule has 0 aliphatic rings. The lowest BCUT2D eigenvalue weighted by Crippen LogP contribution is -2.31. The van der Waals surface area contributed by atoms with Gasteiger partial charge in [-0.2, -0.15) is 0 Å². The second kappa shape index (κ2) is 16.5. The summed E-state index contributed by atoms with van der Waals surface area (Å²) in [4.78, 5) is 73.7. The molecule has 0 unspecified atom stereocenters. The molecule has 0 fully saturated rings. The van der Waals surface area contributed by atoms with Gasteiger partial charge in [-0.25, -0.2) is 28.8 Å². The van der Waals surface area contributed by atoms with E-state index < -0.39 is 55.7 Å². The SMILES string of the molecule is COC(=O)Oc1ccccc1C(=O)OCC(COC(=O)c1ccccc1OC(=O)OC)OC(=O)c1ccccc1OC(=O)OC. The molecular formula is C30H26O15. The van der Waals surface area contributed by atoms with Crippen molar-refractivity contribution in [2.24, 2.45) is 0 Å². The van der Waals surface area contributed by atoms with Crippen LogP contribution < -0.4 is 14.2 Å². The van der Waals surface area contributed by atoms with Crippen LogP contribution in [0.1, 0.15) is 31.1 Å². The van der Waals surface area contributed by atoms with Crippen molar-refractivity contribution in [2.75, 3.05) is 34.5 Å². The molecular weight excluding hydrogens is 600 g/mol. The van der Waals surface area contributed by atoms with Crippen LogP contribution in [-0.4, -0.2) is 77.0 Å². The molecule has 0 amide bonds. The van der Waals surface area contributed by atoms with Crippen LogP contribution in [0.5, 0.6) is 17.2 Å². The highest BCUT2D eigenvalue weighted by Crippen LogP contribution is 2.23. The number of benzene rings is 3. The van der Waals surface area contributed by atoms with Crippen LogP contribution in [-0.2, 0) is 28.4 Å². The van der Waals surface area contributed by atoms with Crippen molar-refractivity contribution in [3.05, 3.63) is 89.5 Å². The van der Waals surface area contributed by atoms with Gasteiger partial charge in [0.15, 0.2) is 6.10 Å². The molecule has 0 saturated carbocycles. The van der Waals surface area contributed by atoms with Gasteiger partial charge in [0.2, 0.25) is 0 Å². The first-order valence-electron chi connectivity index (χ1n) is 12.8. The van der Waals surface area contributed by atoms with E-state index in [2.05, 4.69) is 14.2 Å². The molecule has 0 aromatic heterocycles. The molecule has 0 aliphatic heterocycles. The van der Waals surface area contributed by atoms with Crippen molar-refractivity contribution < 1.29 is 71.4 Å². The Balaban J connectivity index is 1.82. The molecule has 0 N–H and O–H groups in total. The number of hydrogen-bond donors (Lipinski definition) is 0. The number of rotatable bonds is 11. The van der Waals surface area contributed by atoms with Gasteiger partial charge >= 0.3 is 36.4 Å². The van der Waals surface area contributed by atoms with E-state index in [4.69, 9.17) is 28.4 Å². The zero-order valence-electron chi connectivity index (χ0n) is 24.0. The van der Waals surface area contributed by atoms with E-state index in [1.807, 2.05) is 0 Å². The lowest BCUT2D eigenvalue weighted by Gasteiger charge is -2.19. The fourth-order valence-electron chi connectivity index (χ4n) is 3.39. The second-order valence-electron chi connectivity index (χ2n) is 8.38. The van der Waals surface area contributed by atoms with E-state index in [9.17, 15) is 28.8 Å². The molecule has 0 heterocycles. The molecule has 45 heavy (non-hydrogen) atoms. The molecule has 0 atom stereocenters. The van der Waals surface area contributed by atoms with Gasteiger partial charge in [-0.3, -0.25) is 0 Å². The number of ether oxygens (including phenoxy) is 9. The minimum atomic E-state index is -1.43. The third-order valence-electron chi connectivity index (χ3n) is 5.48. The summed E-state index contributed by atoms with van der Waals surface area (Å²) in [6, 6.07) is 16.7. The molecule has 3 aromatic carbocycles. The van der Waals surface area contributed by atoms with Crippen molar-refractivity contribution in [1.82, 2.24) is 0 Å². The standard InChI is InChI=1S/C30H26O15/c1-37-28(34)43-22-13-7-4-10-19(22)25(31)40-16-18(42-27(33)21-12-6-9-15-24(21)45-30(36)39-3)17-41-26(32)20-11-5-8-14-23(20)44-29(35)38-2/h4-15,18H,16-17H2,1-3H3. The molecule has 0 aliphatic carbocycles. The summed E-state index contributed by atoms with van der Waals surface area (Å²) < 4.78 is 44.3. The molecule has 236 valence electrons. The van der Waals surface area contributed by atoms with Gasteiger partial charge in [0.1, 0.15) is 47.2 Å². The number of carbonyl (C=O) groups excluding carboxylic acids is 6. The van der Waals surface area contributed by atoms with Gasteiger partial charge in [0.25, 0.3) is 0 Å². The summed E-state index contributed by atoms with van der Waals surface area (Å²) in [5.41, 5.74) is -0.550. The third-order valence-corrected chi connectivity index (χ3v) is 5.48. The summed E-state index contributed by atoms with van der Waals surface area (Å²) >= 11 is 0. The Kier molecular flexibility index (Phi) is 12.2. The summed E-state index contributed by atoms with van der Waals surface area (Å²) in [7, 11) is 3.24. The van der Waals surface area contributed by atoms with E-state index in [1.54, 1.807) is 0 Å². The van der Waals surface area contributed by atoms with Crippen LogP contribution in [0.4, 0.5) is 14.4 Å². The first kappa shape index (κ1) is 33.4. The van der Waals surface area contributed by atoms with Gasteiger partial charge in [0, 0.05) is 0 Å². The Morgan fingerprint density at radius 1 is 0.489 bits per heavy atom. The Morgan fingerprint density at radius 3 is 1.13 bits per heavy atom. The average Bonchev–Trinajstić information content (AvgIpc) is 3.06. The van der Waals surface area contributed by atoms with Crippen molar-refractivity contribution in [1.29, 1.82) is 0 Å². The van der Waals surface area contributed by atoms with Crippen LogP contribution in [0.25, 0.3) is 0 Å². The molecule has 0 spiro atoms. The van der Waals surface area contributed by atoms with Gasteiger partial charge in [0.05, 0.1) is 21.3 Å². The Bertz CT molecular complexity index is 1470.